The van der Waals surface area contributed by atoms with Gasteiger partial charge in [-0.15, -0.1) is 11.3 Å². The molecule has 0 aromatic carbocycles. The highest BCUT2D eigenvalue weighted by molar-refractivity contribution is 7.15. The zero-order chi connectivity index (χ0) is 18.1. The largest absolute Gasteiger partial charge is 0.461 e. The highest BCUT2D eigenvalue weighted by Crippen LogP contribution is 2.27. The molecule has 0 aliphatic rings. The van der Waals surface area contributed by atoms with Crippen LogP contribution in [0.15, 0.2) is 16.2 Å². The maximum absolute atomic E-state index is 12.3. The number of hydrogen-bond acceptors (Lipinski definition) is 7. The Labute approximate surface area is 147 Å². The molecular weight excluding hydrogens is 344 g/mol. The second kappa shape index (κ2) is 6.67. The number of rotatable bonds is 5. The number of esters is 1. The van der Waals surface area contributed by atoms with E-state index < -0.39 is 5.97 Å². The number of thiazole rings is 1. The Balaban J connectivity index is 2.03. The minimum absolute atomic E-state index is 0.167. The monoisotopic (exact) mass is 362 g/mol. The molecule has 0 atom stereocenters. The third-order valence-corrected chi connectivity index (χ3v) is 4.60. The van der Waals surface area contributed by atoms with Gasteiger partial charge < -0.3 is 9.47 Å². The average molecular weight is 362 g/mol. The Morgan fingerprint density at radius 2 is 2.08 bits per heavy atom. The summed E-state index contributed by atoms with van der Waals surface area (Å²) in [5.41, 5.74) is 1.35. The molecule has 9 heteroatoms. The van der Waals surface area contributed by atoms with Gasteiger partial charge >= 0.3 is 5.97 Å². The Bertz CT molecular complexity index is 1000. The van der Waals surface area contributed by atoms with Gasteiger partial charge in [0.2, 0.25) is 11.8 Å². The van der Waals surface area contributed by atoms with E-state index in [2.05, 4.69) is 10.1 Å². The molecule has 0 spiro atoms. The van der Waals surface area contributed by atoms with Crippen LogP contribution in [0.3, 0.4) is 0 Å². The number of ether oxygens (including phenoxy) is 2. The molecule has 0 aliphatic heterocycles. The number of fused-ring (bicyclic) bond motifs is 1. The second-order valence-corrected chi connectivity index (χ2v) is 6.18. The Morgan fingerprint density at radius 1 is 1.32 bits per heavy atom. The van der Waals surface area contributed by atoms with Crippen LogP contribution in [0.2, 0.25) is 0 Å². The van der Waals surface area contributed by atoms with Gasteiger partial charge in [-0.1, -0.05) is 0 Å². The van der Waals surface area contributed by atoms with Crippen molar-refractivity contribution in [1.82, 2.24) is 19.2 Å². The molecule has 0 fully saturated rings. The summed E-state index contributed by atoms with van der Waals surface area (Å²) in [5.74, 6) is 0.0319. The van der Waals surface area contributed by atoms with Crippen molar-refractivity contribution in [1.29, 1.82) is 0 Å². The summed E-state index contributed by atoms with van der Waals surface area (Å²) in [4.78, 5) is 29.2. The molecule has 0 saturated heterocycles. The summed E-state index contributed by atoms with van der Waals surface area (Å²) < 4.78 is 13.9. The molecule has 25 heavy (non-hydrogen) atoms. The molecular formula is C16H18N4O4S. The predicted octanol–water partition coefficient (Wildman–Crippen LogP) is 2.56. The van der Waals surface area contributed by atoms with E-state index in [1.165, 1.54) is 21.8 Å². The molecule has 132 valence electrons. The lowest BCUT2D eigenvalue weighted by atomic mass is 10.2. The van der Waals surface area contributed by atoms with Gasteiger partial charge in [-0.05, 0) is 27.7 Å². The minimum Gasteiger partial charge on any atom is -0.461 e. The van der Waals surface area contributed by atoms with E-state index in [9.17, 15) is 9.59 Å². The van der Waals surface area contributed by atoms with Crippen molar-refractivity contribution in [2.75, 3.05) is 6.61 Å². The van der Waals surface area contributed by atoms with Gasteiger partial charge in [-0.25, -0.2) is 9.48 Å². The first kappa shape index (κ1) is 17.2. The fourth-order valence-electron chi connectivity index (χ4n) is 2.46. The quantitative estimate of drug-likeness (QED) is 0.648. The molecule has 3 aromatic rings. The third kappa shape index (κ3) is 3.02. The second-order valence-electron chi connectivity index (χ2n) is 5.34. The number of carbonyl (C=O) groups is 1. The van der Waals surface area contributed by atoms with Crippen molar-refractivity contribution in [2.24, 2.45) is 0 Å². The normalized spacial score (nSPS) is 11.0. The Morgan fingerprint density at radius 3 is 2.76 bits per heavy atom. The van der Waals surface area contributed by atoms with Crippen LogP contribution in [0.1, 0.15) is 35.6 Å². The topological polar surface area (TPSA) is 87.7 Å². The number of aromatic nitrogens is 4. The SMILES string of the molecule is CCOC(=O)c1nn(CC)c(Oc2cc(=O)n3c(C)csc3n2)c1C. The summed E-state index contributed by atoms with van der Waals surface area (Å²) in [6.07, 6.45) is 0. The molecule has 3 rings (SSSR count). The van der Waals surface area contributed by atoms with Gasteiger partial charge in [-0.2, -0.15) is 10.1 Å². The highest BCUT2D eigenvalue weighted by Gasteiger charge is 2.23. The van der Waals surface area contributed by atoms with Crippen LogP contribution in [-0.4, -0.2) is 31.7 Å². The van der Waals surface area contributed by atoms with Crippen LogP contribution >= 0.6 is 11.3 Å². The summed E-state index contributed by atoms with van der Waals surface area (Å²) in [7, 11) is 0. The molecule has 8 nitrogen and oxygen atoms in total. The van der Waals surface area contributed by atoms with E-state index in [0.717, 1.165) is 5.69 Å². The van der Waals surface area contributed by atoms with Gasteiger partial charge in [0.15, 0.2) is 10.7 Å². The molecule has 0 unspecified atom stereocenters. The van der Waals surface area contributed by atoms with Gasteiger partial charge in [0, 0.05) is 23.2 Å². The molecule has 0 amide bonds. The number of aryl methyl sites for hydroxylation is 2. The van der Waals surface area contributed by atoms with Crippen LogP contribution < -0.4 is 10.3 Å². The van der Waals surface area contributed by atoms with E-state index in [4.69, 9.17) is 9.47 Å². The fraction of sp³-hybridized carbons (Fsp3) is 0.375. The number of hydrogen-bond donors (Lipinski definition) is 0. The lowest BCUT2D eigenvalue weighted by Crippen LogP contribution is -2.14. The first-order chi connectivity index (χ1) is 12.0. The lowest BCUT2D eigenvalue weighted by molar-refractivity contribution is 0.0517. The Hall–Kier alpha value is -2.68. The van der Waals surface area contributed by atoms with Crippen molar-refractivity contribution in [2.45, 2.75) is 34.2 Å². The van der Waals surface area contributed by atoms with Crippen LogP contribution in [0.25, 0.3) is 4.96 Å². The zero-order valence-corrected chi connectivity index (χ0v) is 15.2. The smallest absolute Gasteiger partial charge is 0.359 e. The van der Waals surface area contributed by atoms with Crippen LogP contribution in [0.4, 0.5) is 0 Å². The van der Waals surface area contributed by atoms with E-state index in [1.54, 1.807) is 18.5 Å². The Kier molecular flexibility index (Phi) is 4.58. The molecule has 0 radical (unpaired) electrons. The molecule has 3 aromatic heterocycles. The number of carbonyl (C=O) groups excluding carboxylic acids is 1. The molecule has 0 bridgehead atoms. The van der Waals surface area contributed by atoms with E-state index in [0.29, 0.717) is 22.9 Å². The van der Waals surface area contributed by atoms with Crippen molar-refractivity contribution in [3.8, 4) is 11.8 Å². The summed E-state index contributed by atoms with van der Waals surface area (Å²) in [6, 6.07) is 1.32. The minimum atomic E-state index is -0.505. The molecule has 0 N–H and O–H groups in total. The van der Waals surface area contributed by atoms with Gasteiger partial charge in [0.25, 0.3) is 5.56 Å². The molecule has 0 saturated carbocycles. The van der Waals surface area contributed by atoms with Crippen molar-refractivity contribution >= 4 is 22.3 Å². The predicted molar refractivity (Wildman–Crippen MR) is 92.7 cm³/mol. The maximum Gasteiger partial charge on any atom is 0.359 e. The van der Waals surface area contributed by atoms with E-state index >= 15 is 0 Å². The standard InChI is InChI=1S/C16H18N4O4S/c1-5-19-14(10(4)13(18-19)15(22)23-6-2)24-11-7-12(21)20-9(3)8-25-16(20)17-11/h7-8H,5-6H2,1-4H3. The van der Waals surface area contributed by atoms with Gasteiger partial charge in [0.05, 0.1) is 12.7 Å². The zero-order valence-electron chi connectivity index (χ0n) is 14.4. The lowest BCUT2D eigenvalue weighted by Gasteiger charge is -2.07. The first-order valence-electron chi connectivity index (χ1n) is 7.86. The maximum atomic E-state index is 12.3. The summed E-state index contributed by atoms with van der Waals surface area (Å²) >= 11 is 1.36. The summed E-state index contributed by atoms with van der Waals surface area (Å²) in [5, 5.41) is 6.10. The fourth-order valence-corrected chi connectivity index (χ4v) is 3.32. The van der Waals surface area contributed by atoms with Crippen LogP contribution in [0, 0.1) is 13.8 Å². The first-order valence-corrected chi connectivity index (χ1v) is 8.74. The summed E-state index contributed by atoms with van der Waals surface area (Å²) in [6.45, 7) is 7.94. The van der Waals surface area contributed by atoms with Crippen LogP contribution in [0.5, 0.6) is 11.8 Å². The van der Waals surface area contributed by atoms with Crippen LogP contribution in [-0.2, 0) is 11.3 Å². The number of nitrogens with zero attached hydrogens (tertiary/aromatic N) is 4. The third-order valence-electron chi connectivity index (χ3n) is 3.65. The molecule has 0 aliphatic carbocycles. The van der Waals surface area contributed by atoms with E-state index in [-0.39, 0.29) is 23.7 Å². The van der Waals surface area contributed by atoms with Crippen molar-refractivity contribution < 1.29 is 14.3 Å². The average Bonchev–Trinajstić information content (AvgIpc) is 3.09. The van der Waals surface area contributed by atoms with Gasteiger partial charge in [-0.3, -0.25) is 9.20 Å². The van der Waals surface area contributed by atoms with Crippen molar-refractivity contribution in [3.63, 3.8) is 0 Å². The highest BCUT2D eigenvalue weighted by atomic mass is 32.1. The van der Waals surface area contributed by atoms with Gasteiger partial charge in [0.1, 0.15) is 0 Å². The van der Waals surface area contributed by atoms with E-state index in [1.807, 2.05) is 19.2 Å². The van der Waals surface area contributed by atoms with Crippen molar-refractivity contribution in [3.05, 3.63) is 38.8 Å². The molecule has 3 heterocycles.